The number of carboxylic acid groups (broad SMARTS) is 1. The fourth-order valence-corrected chi connectivity index (χ4v) is 3.29. The second kappa shape index (κ2) is 8.14. The van der Waals surface area contributed by atoms with Crippen LogP contribution in [0.3, 0.4) is 0 Å². The van der Waals surface area contributed by atoms with Crippen LogP contribution in [0.4, 0.5) is 0 Å². The summed E-state index contributed by atoms with van der Waals surface area (Å²) in [7, 11) is 4.15. The first-order chi connectivity index (χ1) is 13.9. The van der Waals surface area contributed by atoms with Gasteiger partial charge in [0, 0.05) is 11.6 Å². The third-order valence-corrected chi connectivity index (χ3v) is 4.61. The molecule has 29 heavy (non-hydrogen) atoms. The van der Waals surface area contributed by atoms with Gasteiger partial charge in [-0.3, -0.25) is 4.79 Å². The lowest BCUT2D eigenvalue weighted by molar-refractivity contribution is -0.144. The van der Waals surface area contributed by atoms with E-state index in [4.69, 9.17) is 24.1 Å². The highest BCUT2D eigenvalue weighted by Crippen LogP contribution is 2.52. The summed E-state index contributed by atoms with van der Waals surface area (Å²) < 4.78 is 21.6. The Kier molecular flexibility index (Phi) is 5.63. The number of ether oxygens (including phenoxy) is 4. The molecule has 0 radical (unpaired) electrons. The SMILES string of the molecule is COC(=O)C1c2cc(C=CC(=O)O)cc(OC)c2OC1c1ccc(O)c(OC)c1. The number of aromatic hydroxyl groups is 1. The molecule has 3 rings (SSSR count). The molecule has 0 amide bonds. The highest BCUT2D eigenvalue weighted by molar-refractivity contribution is 5.87. The molecule has 0 bridgehead atoms. The van der Waals surface area contributed by atoms with Gasteiger partial charge in [0.05, 0.1) is 21.3 Å². The first-order valence-electron chi connectivity index (χ1n) is 8.64. The third-order valence-electron chi connectivity index (χ3n) is 4.61. The van der Waals surface area contributed by atoms with Crippen molar-refractivity contribution >= 4 is 18.0 Å². The molecule has 1 aliphatic heterocycles. The molecular formula is C21H20O8. The zero-order valence-corrected chi connectivity index (χ0v) is 16.0. The maximum absolute atomic E-state index is 12.6. The van der Waals surface area contributed by atoms with Gasteiger partial charge in [0.1, 0.15) is 12.0 Å². The van der Waals surface area contributed by atoms with Crippen molar-refractivity contribution in [2.24, 2.45) is 0 Å². The number of carbonyl (C=O) groups excluding carboxylic acids is 1. The number of carbonyl (C=O) groups is 2. The molecule has 0 saturated heterocycles. The van der Waals surface area contributed by atoms with Crippen LogP contribution < -0.4 is 14.2 Å². The summed E-state index contributed by atoms with van der Waals surface area (Å²) in [6, 6.07) is 7.94. The topological polar surface area (TPSA) is 112 Å². The maximum atomic E-state index is 12.6. The molecule has 1 aliphatic rings. The maximum Gasteiger partial charge on any atom is 0.328 e. The Morgan fingerprint density at radius 1 is 1.07 bits per heavy atom. The van der Waals surface area contributed by atoms with E-state index in [0.29, 0.717) is 28.2 Å². The van der Waals surface area contributed by atoms with Gasteiger partial charge >= 0.3 is 11.9 Å². The van der Waals surface area contributed by atoms with Crippen LogP contribution in [-0.4, -0.2) is 43.5 Å². The van der Waals surface area contributed by atoms with E-state index in [1.807, 2.05) is 0 Å². The summed E-state index contributed by atoms with van der Waals surface area (Å²) >= 11 is 0. The van der Waals surface area contributed by atoms with Gasteiger partial charge in [0.2, 0.25) is 0 Å². The minimum atomic E-state index is -1.10. The molecule has 2 atom stereocenters. The monoisotopic (exact) mass is 400 g/mol. The zero-order valence-electron chi connectivity index (χ0n) is 16.0. The van der Waals surface area contributed by atoms with Crippen LogP contribution in [0.25, 0.3) is 6.08 Å². The summed E-state index contributed by atoms with van der Waals surface area (Å²) in [5.41, 5.74) is 1.64. The van der Waals surface area contributed by atoms with Crippen molar-refractivity contribution in [2.75, 3.05) is 21.3 Å². The molecule has 2 unspecified atom stereocenters. The Labute approximate surface area is 166 Å². The number of hydrogen-bond acceptors (Lipinski definition) is 7. The molecule has 0 saturated carbocycles. The Bertz CT molecular complexity index is 979. The minimum Gasteiger partial charge on any atom is -0.504 e. The quantitative estimate of drug-likeness (QED) is 0.562. The van der Waals surface area contributed by atoms with Gasteiger partial charge in [-0.2, -0.15) is 0 Å². The number of phenolic OH excluding ortho intramolecular Hbond substituents is 1. The van der Waals surface area contributed by atoms with E-state index < -0.39 is 24.0 Å². The number of aliphatic carboxylic acids is 1. The molecule has 0 aromatic heterocycles. The van der Waals surface area contributed by atoms with Crippen LogP contribution in [0, 0.1) is 0 Å². The lowest BCUT2D eigenvalue weighted by Gasteiger charge is -2.18. The van der Waals surface area contributed by atoms with Crippen molar-refractivity contribution in [3.63, 3.8) is 0 Å². The summed E-state index contributed by atoms with van der Waals surface area (Å²) in [5, 5.41) is 18.7. The van der Waals surface area contributed by atoms with Gasteiger partial charge in [-0.1, -0.05) is 6.07 Å². The smallest absolute Gasteiger partial charge is 0.328 e. The predicted octanol–water partition coefficient (Wildman–Crippen LogP) is 2.90. The van der Waals surface area contributed by atoms with Crippen molar-refractivity contribution in [3.05, 3.63) is 53.1 Å². The van der Waals surface area contributed by atoms with E-state index in [1.54, 1.807) is 24.3 Å². The standard InChI is InChI=1S/C21H20O8/c1-26-15-10-12(5-6-14(15)22)19-18(21(25)28-3)13-8-11(4-7-17(23)24)9-16(27-2)20(13)29-19/h4-10,18-19,22H,1-3H3,(H,23,24). The number of phenols is 1. The summed E-state index contributed by atoms with van der Waals surface area (Å²) in [6.45, 7) is 0. The molecule has 1 heterocycles. The van der Waals surface area contributed by atoms with E-state index in [9.17, 15) is 14.7 Å². The number of fused-ring (bicyclic) bond motifs is 1. The van der Waals surface area contributed by atoms with Crippen LogP contribution in [-0.2, 0) is 14.3 Å². The fraction of sp³-hybridized carbons (Fsp3) is 0.238. The molecule has 0 fully saturated rings. The molecule has 8 nitrogen and oxygen atoms in total. The summed E-state index contributed by atoms with van der Waals surface area (Å²) in [5.74, 6) is -1.53. The van der Waals surface area contributed by atoms with Gasteiger partial charge < -0.3 is 29.2 Å². The van der Waals surface area contributed by atoms with Crippen LogP contribution in [0.15, 0.2) is 36.4 Å². The van der Waals surface area contributed by atoms with E-state index in [-0.39, 0.29) is 11.5 Å². The average Bonchev–Trinajstić information content (AvgIpc) is 3.10. The molecule has 2 N–H and O–H groups in total. The predicted molar refractivity (Wildman–Crippen MR) is 102 cm³/mol. The minimum absolute atomic E-state index is 0.0416. The highest BCUT2D eigenvalue weighted by atomic mass is 16.5. The molecule has 152 valence electrons. The normalized spacial score (nSPS) is 17.5. The first-order valence-corrected chi connectivity index (χ1v) is 8.64. The van der Waals surface area contributed by atoms with E-state index in [1.165, 1.54) is 33.5 Å². The first kappa shape index (κ1) is 20.1. The van der Waals surface area contributed by atoms with Crippen LogP contribution >= 0.6 is 0 Å². The second-order valence-electron chi connectivity index (χ2n) is 6.28. The summed E-state index contributed by atoms with van der Waals surface area (Å²) in [6.07, 6.45) is 1.64. The van der Waals surface area contributed by atoms with E-state index in [0.717, 1.165) is 6.08 Å². The summed E-state index contributed by atoms with van der Waals surface area (Å²) in [4.78, 5) is 23.5. The Morgan fingerprint density at radius 2 is 1.79 bits per heavy atom. The number of benzene rings is 2. The molecular weight excluding hydrogens is 380 g/mol. The van der Waals surface area contributed by atoms with Crippen LogP contribution in [0.2, 0.25) is 0 Å². The Balaban J connectivity index is 2.13. The molecule has 8 heteroatoms. The van der Waals surface area contributed by atoms with Crippen molar-refractivity contribution in [1.29, 1.82) is 0 Å². The second-order valence-corrected chi connectivity index (χ2v) is 6.28. The number of methoxy groups -OCH3 is 3. The third kappa shape index (κ3) is 3.82. The molecule has 0 spiro atoms. The van der Waals surface area contributed by atoms with E-state index >= 15 is 0 Å². The Hall–Kier alpha value is -3.68. The molecule has 2 aromatic rings. The largest absolute Gasteiger partial charge is 0.504 e. The number of rotatable bonds is 6. The van der Waals surface area contributed by atoms with E-state index in [2.05, 4.69) is 0 Å². The number of esters is 1. The van der Waals surface area contributed by atoms with Crippen molar-refractivity contribution < 1.29 is 38.7 Å². The zero-order chi connectivity index (χ0) is 21.1. The van der Waals surface area contributed by atoms with Crippen molar-refractivity contribution in [1.82, 2.24) is 0 Å². The van der Waals surface area contributed by atoms with Gasteiger partial charge in [-0.15, -0.1) is 0 Å². The van der Waals surface area contributed by atoms with Gasteiger partial charge in [0.15, 0.2) is 23.0 Å². The number of hydrogen-bond donors (Lipinski definition) is 2. The van der Waals surface area contributed by atoms with Crippen molar-refractivity contribution in [3.8, 4) is 23.0 Å². The highest BCUT2D eigenvalue weighted by Gasteiger charge is 2.43. The Morgan fingerprint density at radius 3 is 2.41 bits per heavy atom. The fourth-order valence-electron chi connectivity index (χ4n) is 3.29. The van der Waals surface area contributed by atoms with Gasteiger partial charge in [-0.25, -0.2) is 4.79 Å². The van der Waals surface area contributed by atoms with Crippen LogP contribution in [0.1, 0.15) is 28.7 Å². The molecule has 0 aliphatic carbocycles. The van der Waals surface area contributed by atoms with Crippen LogP contribution in [0.5, 0.6) is 23.0 Å². The number of carboxylic acids is 1. The lowest BCUT2D eigenvalue weighted by atomic mass is 9.90. The average molecular weight is 400 g/mol. The molecule has 2 aromatic carbocycles. The lowest BCUT2D eigenvalue weighted by Crippen LogP contribution is -2.20. The van der Waals surface area contributed by atoms with Gasteiger partial charge in [0.25, 0.3) is 0 Å². The van der Waals surface area contributed by atoms with Gasteiger partial charge in [-0.05, 0) is 41.5 Å². The van der Waals surface area contributed by atoms with Crippen molar-refractivity contribution in [2.45, 2.75) is 12.0 Å².